The van der Waals surface area contributed by atoms with Crippen LogP contribution in [0.1, 0.15) is 43.7 Å². The average molecular weight is 398 g/mol. The third-order valence-electron chi connectivity index (χ3n) is 6.84. The lowest BCUT2D eigenvalue weighted by atomic mass is 9.74. The third kappa shape index (κ3) is 3.66. The van der Waals surface area contributed by atoms with Gasteiger partial charge in [-0.05, 0) is 56.8 Å². The summed E-state index contributed by atoms with van der Waals surface area (Å²) in [7, 11) is 1.70. The quantitative estimate of drug-likeness (QED) is 0.852. The van der Waals surface area contributed by atoms with Gasteiger partial charge in [-0.3, -0.25) is 4.79 Å². The molecule has 156 valence electrons. The van der Waals surface area contributed by atoms with E-state index in [0.717, 1.165) is 63.0 Å². The first kappa shape index (κ1) is 20.0. The van der Waals surface area contributed by atoms with E-state index in [9.17, 15) is 9.59 Å². The van der Waals surface area contributed by atoms with Crippen LogP contribution < -0.4 is 5.32 Å². The fourth-order valence-electron chi connectivity index (χ4n) is 5.24. The van der Waals surface area contributed by atoms with Gasteiger partial charge in [0.1, 0.15) is 0 Å². The lowest BCUT2D eigenvalue weighted by molar-refractivity contribution is -0.115. The number of fused-ring (bicyclic) bond motifs is 2. The highest BCUT2D eigenvalue weighted by molar-refractivity contribution is 6.21. The molecule has 1 N–H and O–H groups in total. The number of likely N-dealkylation sites (tertiary alicyclic amines) is 2. The molecule has 0 aromatic heterocycles. The van der Waals surface area contributed by atoms with Crippen LogP contribution in [0, 0.1) is 0 Å². The molecule has 0 atom stereocenters. The van der Waals surface area contributed by atoms with E-state index in [1.807, 2.05) is 17.9 Å². The Kier molecular flexibility index (Phi) is 5.63. The van der Waals surface area contributed by atoms with E-state index >= 15 is 0 Å². The van der Waals surface area contributed by atoms with Gasteiger partial charge in [0.15, 0.2) is 0 Å². The van der Waals surface area contributed by atoms with E-state index in [2.05, 4.69) is 34.5 Å². The molecule has 2 heterocycles. The van der Waals surface area contributed by atoms with Crippen molar-refractivity contribution in [2.45, 2.75) is 44.1 Å². The topological polar surface area (TPSA) is 61.9 Å². The van der Waals surface area contributed by atoms with E-state index in [0.29, 0.717) is 12.6 Å². The second-order valence-electron chi connectivity index (χ2n) is 8.29. The van der Waals surface area contributed by atoms with Gasteiger partial charge in [0.2, 0.25) is 0 Å². The van der Waals surface area contributed by atoms with Gasteiger partial charge in [0.25, 0.3) is 5.91 Å². The zero-order chi connectivity index (χ0) is 20.4. The van der Waals surface area contributed by atoms with Crippen molar-refractivity contribution in [1.29, 1.82) is 0 Å². The molecule has 1 aromatic rings. The van der Waals surface area contributed by atoms with Crippen LogP contribution in [0.4, 0.5) is 4.79 Å². The smallest absolute Gasteiger partial charge is 0.409 e. The number of rotatable bonds is 3. The molecule has 2 fully saturated rings. The van der Waals surface area contributed by atoms with Crippen LogP contribution in [0.2, 0.25) is 0 Å². The molecule has 6 nitrogen and oxygen atoms in total. The second kappa shape index (κ2) is 8.19. The Morgan fingerprint density at radius 1 is 1.14 bits per heavy atom. The van der Waals surface area contributed by atoms with Crippen LogP contribution in [0.3, 0.4) is 0 Å². The molecule has 6 heteroatoms. The number of hydrogen-bond donors (Lipinski definition) is 1. The Morgan fingerprint density at radius 2 is 1.83 bits per heavy atom. The summed E-state index contributed by atoms with van der Waals surface area (Å²) < 4.78 is 5.13. The molecule has 1 aliphatic carbocycles. The minimum Gasteiger partial charge on any atom is -0.450 e. The van der Waals surface area contributed by atoms with E-state index in [-0.39, 0.29) is 17.4 Å². The van der Waals surface area contributed by atoms with Gasteiger partial charge in [0, 0.05) is 37.2 Å². The van der Waals surface area contributed by atoms with Crippen molar-refractivity contribution in [2.24, 2.45) is 0 Å². The molecule has 1 aromatic carbocycles. The Balaban J connectivity index is 1.42. The number of amides is 2. The maximum absolute atomic E-state index is 12.4. The van der Waals surface area contributed by atoms with Gasteiger partial charge >= 0.3 is 6.09 Å². The zero-order valence-corrected chi connectivity index (χ0v) is 17.4. The zero-order valence-electron chi connectivity index (χ0n) is 17.4. The summed E-state index contributed by atoms with van der Waals surface area (Å²) in [5.41, 5.74) is 3.18. The van der Waals surface area contributed by atoms with Crippen LogP contribution in [0.25, 0.3) is 5.57 Å². The molecule has 2 aliphatic heterocycles. The van der Waals surface area contributed by atoms with Crippen LogP contribution in [-0.4, -0.2) is 67.7 Å². The molecule has 1 spiro atoms. The fraction of sp³-hybridized carbons (Fsp3) is 0.565. The Labute approximate surface area is 172 Å². The van der Waals surface area contributed by atoms with Crippen molar-refractivity contribution in [3.05, 3.63) is 41.5 Å². The molecule has 2 amide bonds. The number of piperidine rings is 2. The van der Waals surface area contributed by atoms with Crippen molar-refractivity contribution in [3.63, 3.8) is 0 Å². The normalized spacial score (nSPS) is 21.6. The first-order valence-corrected chi connectivity index (χ1v) is 10.8. The lowest BCUT2D eigenvalue weighted by Gasteiger charge is -2.44. The number of carbonyl (C=O) groups is 2. The van der Waals surface area contributed by atoms with Crippen molar-refractivity contribution in [2.75, 3.05) is 39.8 Å². The summed E-state index contributed by atoms with van der Waals surface area (Å²) in [5.74, 6) is 0.00286. The summed E-state index contributed by atoms with van der Waals surface area (Å²) in [4.78, 5) is 28.8. The molecule has 4 rings (SSSR count). The first-order valence-electron chi connectivity index (χ1n) is 10.8. The van der Waals surface area contributed by atoms with Gasteiger partial charge < -0.3 is 19.9 Å². The monoisotopic (exact) mass is 397 g/mol. The van der Waals surface area contributed by atoms with Crippen LogP contribution >= 0.6 is 0 Å². The SMILES string of the molecule is CCOC(=O)N1CCC(N2CCC3(C=C(C(=O)NC)c4ccccc43)CC2)CC1. The van der Waals surface area contributed by atoms with Gasteiger partial charge in [0.05, 0.1) is 6.61 Å². The van der Waals surface area contributed by atoms with Crippen molar-refractivity contribution < 1.29 is 14.3 Å². The number of likely N-dealkylation sites (N-methyl/N-ethyl adjacent to an activating group) is 1. The number of allylic oxidation sites excluding steroid dienone is 1. The third-order valence-corrected chi connectivity index (χ3v) is 6.84. The minimum absolute atomic E-state index is 0.00286. The molecule has 2 saturated heterocycles. The van der Waals surface area contributed by atoms with Crippen LogP contribution in [0.15, 0.2) is 30.3 Å². The average Bonchev–Trinajstić information content (AvgIpc) is 3.08. The standard InChI is InChI=1S/C23H31N3O3/c1-3-29-22(28)26-12-8-17(9-13-26)25-14-10-23(11-15-25)16-19(21(27)24-2)18-6-4-5-7-20(18)23/h4-7,16-17H,3,8-15H2,1-2H3,(H,24,27). The maximum atomic E-state index is 12.4. The number of hydrogen-bond acceptors (Lipinski definition) is 4. The summed E-state index contributed by atoms with van der Waals surface area (Å²) in [6, 6.07) is 8.88. The van der Waals surface area contributed by atoms with Crippen molar-refractivity contribution >= 4 is 17.6 Å². The van der Waals surface area contributed by atoms with Crippen molar-refractivity contribution in [3.8, 4) is 0 Å². The summed E-state index contributed by atoms with van der Waals surface area (Å²) >= 11 is 0. The molecule has 0 saturated carbocycles. The maximum Gasteiger partial charge on any atom is 0.409 e. The minimum atomic E-state index is -0.182. The van der Waals surface area contributed by atoms with Crippen LogP contribution in [-0.2, 0) is 14.9 Å². The van der Waals surface area contributed by atoms with Crippen LogP contribution in [0.5, 0.6) is 0 Å². The lowest BCUT2D eigenvalue weighted by Crippen LogP contribution is -2.51. The first-order chi connectivity index (χ1) is 14.1. The predicted molar refractivity (Wildman–Crippen MR) is 113 cm³/mol. The number of nitrogens with zero attached hydrogens (tertiary/aromatic N) is 2. The van der Waals surface area contributed by atoms with E-state index in [1.165, 1.54) is 5.56 Å². The van der Waals surface area contributed by atoms with Crippen molar-refractivity contribution in [1.82, 2.24) is 15.1 Å². The number of carbonyl (C=O) groups excluding carboxylic acids is 2. The number of ether oxygens (including phenoxy) is 1. The van der Waals surface area contributed by atoms with Gasteiger partial charge in [-0.15, -0.1) is 0 Å². The Hall–Kier alpha value is -2.34. The summed E-state index contributed by atoms with van der Waals surface area (Å²) in [6.45, 7) is 5.87. The predicted octanol–water partition coefficient (Wildman–Crippen LogP) is 2.78. The van der Waals surface area contributed by atoms with E-state index in [1.54, 1.807) is 7.05 Å². The molecule has 0 unspecified atom stereocenters. The summed E-state index contributed by atoms with van der Waals surface area (Å²) in [5, 5.41) is 2.79. The second-order valence-corrected chi connectivity index (χ2v) is 8.29. The molecular formula is C23H31N3O3. The van der Waals surface area contributed by atoms with Gasteiger partial charge in [-0.25, -0.2) is 4.79 Å². The largest absolute Gasteiger partial charge is 0.450 e. The molecule has 0 radical (unpaired) electrons. The molecule has 29 heavy (non-hydrogen) atoms. The van der Waals surface area contributed by atoms with E-state index in [4.69, 9.17) is 4.74 Å². The number of nitrogens with one attached hydrogen (secondary N) is 1. The van der Waals surface area contributed by atoms with E-state index < -0.39 is 0 Å². The highest BCUT2D eigenvalue weighted by Gasteiger charge is 2.43. The molecule has 3 aliphatic rings. The Morgan fingerprint density at radius 3 is 2.48 bits per heavy atom. The van der Waals surface area contributed by atoms with Gasteiger partial charge in [-0.1, -0.05) is 30.3 Å². The highest BCUT2D eigenvalue weighted by Crippen LogP contribution is 2.47. The highest BCUT2D eigenvalue weighted by atomic mass is 16.6. The molecular weight excluding hydrogens is 366 g/mol. The van der Waals surface area contributed by atoms with Gasteiger partial charge in [-0.2, -0.15) is 0 Å². The summed E-state index contributed by atoms with van der Waals surface area (Å²) in [6.07, 6.45) is 6.10. The number of benzene rings is 1. The molecule has 0 bridgehead atoms. The Bertz CT molecular complexity index is 803. The fourth-order valence-corrected chi connectivity index (χ4v) is 5.24.